The van der Waals surface area contributed by atoms with Gasteiger partial charge in [-0.1, -0.05) is 35.5 Å². The second-order valence-electron chi connectivity index (χ2n) is 6.33. The van der Waals surface area contributed by atoms with Gasteiger partial charge in [-0.05, 0) is 19.1 Å². The second kappa shape index (κ2) is 8.62. The second-order valence-corrected chi connectivity index (χ2v) is 8.15. The molecule has 148 valence electrons. The zero-order chi connectivity index (χ0) is 20.2. The van der Waals surface area contributed by atoms with Crippen molar-refractivity contribution in [1.82, 2.24) is 24.1 Å². The Balaban J connectivity index is 1.48. The quantitative estimate of drug-likeness (QED) is 0.316. The highest BCUT2D eigenvalue weighted by Gasteiger charge is 2.13. The minimum atomic E-state index is -0.0772. The first kappa shape index (κ1) is 19.4. The van der Waals surface area contributed by atoms with Gasteiger partial charge in [0.25, 0.3) is 5.56 Å². The molecule has 0 aliphatic heterocycles. The third-order valence-corrected chi connectivity index (χ3v) is 5.96. The lowest BCUT2D eigenvalue weighted by atomic mass is 10.2. The van der Waals surface area contributed by atoms with E-state index in [0.717, 1.165) is 16.7 Å². The molecular weight excluding hydrogens is 406 g/mol. The molecule has 0 amide bonds. The van der Waals surface area contributed by atoms with E-state index in [1.165, 1.54) is 28.7 Å². The third-order valence-electron chi connectivity index (χ3n) is 4.20. The number of nitrogens with zero attached hydrogens (tertiary/aromatic N) is 5. The molecule has 0 atom stereocenters. The van der Waals surface area contributed by atoms with Crippen molar-refractivity contribution in [3.63, 3.8) is 0 Å². The average molecular weight is 426 g/mol. The summed E-state index contributed by atoms with van der Waals surface area (Å²) in [6, 6.07) is 9.44. The number of allylic oxidation sites excluding steroid dienone is 1. The molecule has 3 aromatic heterocycles. The van der Waals surface area contributed by atoms with Crippen molar-refractivity contribution in [1.29, 1.82) is 0 Å². The van der Waals surface area contributed by atoms with E-state index in [-0.39, 0.29) is 5.56 Å². The summed E-state index contributed by atoms with van der Waals surface area (Å²) in [5.74, 6) is 2.03. The van der Waals surface area contributed by atoms with E-state index < -0.39 is 0 Å². The summed E-state index contributed by atoms with van der Waals surface area (Å²) >= 11 is 2.92. The topological polar surface area (TPSA) is 74.3 Å². The van der Waals surface area contributed by atoms with Crippen LogP contribution in [0.25, 0.3) is 4.96 Å². The van der Waals surface area contributed by atoms with Crippen molar-refractivity contribution < 1.29 is 4.74 Å². The number of thiazole rings is 1. The van der Waals surface area contributed by atoms with Gasteiger partial charge in [-0.3, -0.25) is 13.8 Å². The Morgan fingerprint density at radius 3 is 2.90 bits per heavy atom. The largest absolute Gasteiger partial charge is 0.486 e. The summed E-state index contributed by atoms with van der Waals surface area (Å²) < 4.78 is 9.35. The van der Waals surface area contributed by atoms with Gasteiger partial charge in [0.1, 0.15) is 12.4 Å². The van der Waals surface area contributed by atoms with Gasteiger partial charge in [-0.2, -0.15) is 0 Å². The van der Waals surface area contributed by atoms with Gasteiger partial charge in [0.05, 0.1) is 5.69 Å². The molecule has 3 heterocycles. The number of ether oxygens (including phenoxy) is 1. The average Bonchev–Trinajstić information content (AvgIpc) is 3.34. The molecular formula is C20H19N5O2S2. The molecule has 7 nitrogen and oxygen atoms in total. The number of hydrogen-bond donors (Lipinski definition) is 0. The van der Waals surface area contributed by atoms with Crippen LogP contribution in [-0.2, 0) is 18.9 Å². The normalized spacial score (nSPS) is 11.1. The Morgan fingerprint density at radius 2 is 2.10 bits per heavy atom. The number of aromatic nitrogens is 5. The number of rotatable bonds is 8. The minimum absolute atomic E-state index is 0.0772. The fourth-order valence-corrected chi connectivity index (χ4v) is 4.33. The Labute approximate surface area is 175 Å². The van der Waals surface area contributed by atoms with E-state index >= 15 is 0 Å². The summed E-state index contributed by atoms with van der Waals surface area (Å²) in [6.45, 7) is 6.74. The SMILES string of the molecule is C=CCn1c(COc2ccc(C)cc2)nnc1SCc1cc(=O)n2ccsc2n1. The van der Waals surface area contributed by atoms with Crippen LogP contribution in [0.5, 0.6) is 5.75 Å². The molecule has 4 aromatic rings. The molecule has 0 spiro atoms. The van der Waals surface area contributed by atoms with Crippen molar-refractivity contribution in [3.8, 4) is 5.75 Å². The van der Waals surface area contributed by atoms with Crippen LogP contribution in [0.2, 0.25) is 0 Å². The molecule has 0 N–H and O–H groups in total. The molecule has 0 fully saturated rings. The maximum absolute atomic E-state index is 12.1. The van der Waals surface area contributed by atoms with Crippen molar-refractivity contribution in [2.75, 3.05) is 0 Å². The van der Waals surface area contributed by atoms with Gasteiger partial charge < -0.3 is 4.74 Å². The highest BCUT2D eigenvalue weighted by Crippen LogP contribution is 2.22. The zero-order valence-electron chi connectivity index (χ0n) is 15.8. The van der Waals surface area contributed by atoms with E-state index in [0.29, 0.717) is 29.6 Å². The van der Waals surface area contributed by atoms with Crippen molar-refractivity contribution in [2.24, 2.45) is 0 Å². The highest BCUT2D eigenvalue weighted by molar-refractivity contribution is 7.98. The standard InChI is InChI=1S/C20H19N5O2S2/c1-3-8-24-17(12-27-16-6-4-14(2)5-7-16)22-23-20(24)29-13-15-11-18(26)25-9-10-28-19(25)21-15/h3-7,9-11H,1,8,12-13H2,2H3. The predicted molar refractivity (Wildman–Crippen MR) is 115 cm³/mol. The molecule has 4 rings (SSSR count). The predicted octanol–water partition coefficient (Wildman–Crippen LogP) is 3.71. The van der Waals surface area contributed by atoms with Crippen LogP contribution in [0.1, 0.15) is 17.1 Å². The van der Waals surface area contributed by atoms with Gasteiger partial charge in [-0.25, -0.2) is 4.98 Å². The Kier molecular flexibility index (Phi) is 5.77. The van der Waals surface area contributed by atoms with Crippen LogP contribution in [0, 0.1) is 6.92 Å². The van der Waals surface area contributed by atoms with Gasteiger partial charge in [0.2, 0.25) is 0 Å². The van der Waals surface area contributed by atoms with Crippen molar-refractivity contribution in [3.05, 3.63) is 82.0 Å². The van der Waals surface area contributed by atoms with E-state index in [2.05, 4.69) is 21.8 Å². The number of benzene rings is 1. The zero-order valence-corrected chi connectivity index (χ0v) is 17.4. The lowest BCUT2D eigenvalue weighted by Gasteiger charge is -2.09. The van der Waals surface area contributed by atoms with Gasteiger partial charge >= 0.3 is 0 Å². The van der Waals surface area contributed by atoms with Crippen LogP contribution in [0.4, 0.5) is 0 Å². The lowest BCUT2D eigenvalue weighted by Crippen LogP contribution is -2.12. The third kappa shape index (κ3) is 4.41. The van der Waals surface area contributed by atoms with E-state index in [9.17, 15) is 4.79 Å². The molecule has 29 heavy (non-hydrogen) atoms. The van der Waals surface area contributed by atoms with E-state index in [1.54, 1.807) is 22.7 Å². The Morgan fingerprint density at radius 1 is 1.28 bits per heavy atom. The van der Waals surface area contributed by atoms with Crippen LogP contribution in [-0.4, -0.2) is 24.1 Å². The van der Waals surface area contributed by atoms with Crippen LogP contribution in [0.15, 0.2) is 64.5 Å². The first-order valence-electron chi connectivity index (χ1n) is 8.95. The fourth-order valence-electron chi connectivity index (χ4n) is 2.73. The summed E-state index contributed by atoms with van der Waals surface area (Å²) in [5, 5.41) is 11.2. The summed E-state index contributed by atoms with van der Waals surface area (Å²) in [5.41, 5.74) is 1.82. The molecule has 0 unspecified atom stereocenters. The monoisotopic (exact) mass is 425 g/mol. The molecule has 9 heteroatoms. The van der Waals surface area contributed by atoms with Crippen molar-refractivity contribution in [2.45, 2.75) is 31.0 Å². The summed E-state index contributed by atoms with van der Waals surface area (Å²) in [4.78, 5) is 17.4. The number of fused-ring (bicyclic) bond motifs is 1. The van der Waals surface area contributed by atoms with Crippen LogP contribution in [0.3, 0.4) is 0 Å². The van der Waals surface area contributed by atoms with Gasteiger partial charge in [0, 0.05) is 29.9 Å². The highest BCUT2D eigenvalue weighted by atomic mass is 32.2. The summed E-state index contributed by atoms with van der Waals surface area (Å²) in [7, 11) is 0. The lowest BCUT2D eigenvalue weighted by molar-refractivity contribution is 0.289. The van der Waals surface area contributed by atoms with Gasteiger partial charge in [-0.15, -0.1) is 28.1 Å². The number of thioether (sulfide) groups is 1. The molecule has 0 bridgehead atoms. The minimum Gasteiger partial charge on any atom is -0.486 e. The van der Waals surface area contributed by atoms with E-state index in [4.69, 9.17) is 4.74 Å². The van der Waals surface area contributed by atoms with Crippen LogP contribution < -0.4 is 10.3 Å². The fraction of sp³-hybridized carbons (Fsp3) is 0.200. The van der Waals surface area contributed by atoms with Crippen molar-refractivity contribution >= 4 is 28.1 Å². The van der Waals surface area contributed by atoms with Crippen LogP contribution >= 0.6 is 23.1 Å². The smallest absolute Gasteiger partial charge is 0.258 e. The summed E-state index contributed by atoms with van der Waals surface area (Å²) in [6.07, 6.45) is 3.53. The first-order valence-corrected chi connectivity index (χ1v) is 10.8. The molecule has 0 saturated carbocycles. The first-order chi connectivity index (χ1) is 14.1. The van der Waals surface area contributed by atoms with E-state index in [1.807, 2.05) is 41.1 Å². The molecule has 0 saturated heterocycles. The molecule has 1 aromatic carbocycles. The molecule has 0 aliphatic carbocycles. The Hall–Kier alpha value is -2.91. The van der Waals surface area contributed by atoms with Gasteiger partial charge in [0.15, 0.2) is 15.9 Å². The Bertz CT molecular complexity index is 1190. The number of aryl methyl sites for hydroxylation is 1. The molecule has 0 aliphatic rings. The maximum Gasteiger partial charge on any atom is 0.258 e. The molecule has 0 radical (unpaired) electrons. The number of hydrogen-bond acceptors (Lipinski definition) is 7. The maximum atomic E-state index is 12.1.